The lowest BCUT2D eigenvalue weighted by molar-refractivity contribution is -0.229. The average molecular weight is 677 g/mol. The Labute approximate surface area is 273 Å². The van der Waals surface area contributed by atoms with Crippen LogP contribution in [-0.4, -0.2) is 83.0 Å². The summed E-state index contributed by atoms with van der Waals surface area (Å²) in [6.07, 6.45) is -0.565. The lowest BCUT2D eigenvalue weighted by Crippen LogP contribution is -2.69. The molecule has 0 amide bonds. The van der Waals surface area contributed by atoms with Crippen LogP contribution < -0.4 is 4.52 Å². The van der Waals surface area contributed by atoms with Gasteiger partial charge in [-0.2, -0.15) is 0 Å². The van der Waals surface area contributed by atoms with Crippen LogP contribution in [0, 0.1) is 22.7 Å². The maximum Gasteiger partial charge on any atom is 0.385 e. The fourth-order valence-electron chi connectivity index (χ4n) is 9.20. The largest absolute Gasteiger partial charge is 0.464 e. The lowest BCUT2D eigenvalue weighted by Gasteiger charge is -2.62. The van der Waals surface area contributed by atoms with Crippen molar-refractivity contribution in [2.24, 2.45) is 22.7 Å². The molecule has 4 aliphatic carbocycles. The minimum Gasteiger partial charge on any atom is -0.464 e. The van der Waals surface area contributed by atoms with Gasteiger partial charge in [0.15, 0.2) is 35.2 Å². The van der Waals surface area contributed by atoms with E-state index in [1.54, 1.807) is 57.2 Å². The fraction of sp³-hybridized carbons (Fsp3) is 0.618. The van der Waals surface area contributed by atoms with Gasteiger partial charge in [-0.15, -0.1) is 0 Å². The number of ketones is 2. The smallest absolute Gasteiger partial charge is 0.385 e. The third-order valence-electron chi connectivity index (χ3n) is 11.3. The first-order chi connectivity index (χ1) is 22.2. The minimum absolute atomic E-state index is 0.0800. The Balaban J connectivity index is 1.32. The number of rotatable bonds is 10. The summed E-state index contributed by atoms with van der Waals surface area (Å²) >= 11 is 0. The number of carbonyl (C=O) groups excluding carboxylic acids is 3. The number of para-hydroxylation sites is 1. The third-order valence-corrected chi connectivity index (χ3v) is 13.2. The van der Waals surface area contributed by atoms with Gasteiger partial charge in [-0.1, -0.05) is 36.8 Å². The van der Waals surface area contributed by atoms with Gasteiger partial charge < -0.3 is 28.9 Å². The van der Waals surface area contributed by atoms with Crippen molar-refractivity contribution in [1.82, 2.24) is 0 Å². The molecule has 256 valence electrons. The average Bonchev–Trinajstić information content (AvgIpc) is 3.49. The highest BCUT2D eigenvalue weighted by Crippen LogP contribution is 2.72. The highest BCUT2D eigenvalue weighted by molar-refractivity contribution is 7.54. The van der Waals surface area contributed by atoms with Crippen LogP contribution in [0.15, 0.2) is 54.1 Å². The van der Waals surface area contributed by atoms with Crippen LogP contribution in [0.2, 0.25) is 0 Å². The van der Waals surface area contributed by atoms with Gasteiger partial charge in [-0.3, -0.25) is 14.1 Å². The second-order valence-electron chi connectivity index (χ2n) is 13.7. The van der Waals surface area contributed by atoms with Crippen LogP contribution >= 0.6 is 7.60 Å². The zero-order chi connectivity index (χ0) is 34.0. The predicted octanol–water partition coefficient (Wildman–Crippen LogP) is 4.25. The zero-order valence-electron chi connectivity index (χ0n) is 26.9. The number of aliphatic hydroxyl groups is 2. The zero-order valence-corrected chi connectivity index (χ0v) is 27.8. The molecule has 13 heteroatoms. The summed E-state index contributed by atoms with van der Waals surface area (Å²) in [5, 5.41) is 22.0. The van der Waals surface area contributed by atoms with Gasteiger partial charge in [-0.25, -0.2) is 13.8 Å². The number of carbonyl (C=O) groups is 3. The number of alkyl halides is 1. The van der Waals surface area contributed by atoms with Crippen molar-refractivity contribution in [3.05, 3.63) is 54.1 Å². The first-order valence-electron chi connectivity index (χ1n) is 16.1. The molecule has 3 saturated carbocycles. The molecule has 4 fully saturated rings. The Bertz CT molecular complexity index is 1550. The lowest BCUT2D eigenvalue weighted by atomic mass is 9.44. The van der Waals surface area contributed by atoms with E-state index in [9.17, 15) is 29.2 Å². The van der Waals surface area contributed by atoms with Crippen molar-refractivity contribution >= 4 is 25.1 Å². The van der Waals surface area contributed by atoms with Crippen LogP contribution in [0.1, 0.15) is 53.4 Å². The summed E-state index contributed by atoms with van der Waals surface area (Å²) in [5.41, 5.74) is -5.74. The van der Waals surface area contributed by atoms with Gasteiger partial charge in [-0.05, 0) is 76.7 Å². The number of hydrogen-bond donors (Lipinski definition) is 2. The number of halogens is 1. The van der Waals surface area contributed by atoms with E-state index < -0.39 is 90.7 Å². The van der Waals surface area contributed by atoms with E-state index in [4.69, 9.17) is 23.3 Å². The summed E-state index contributed by atoms with van der Waals surface area (Å²) in [5.74, 6) is -2.70. The van der Waals surface area contributed by atoms with E-state index in [0.717, 1.165) is 0 Å². The number of ether oxygens (including phenoxy) is 3. The molecular formula is C34H42FO11P. The topological polar surface area (TPSA) is 155 Å². The van der Waals surface area contributed by atoms with Crippen molar-refractivity contribution in [3.63, 3.8) is 0 Å². The summed E-state index contributed by atoms with van der Waals surface area (Å²) < 4.78 is 61.2. The van der Waals surface area contributed by atoms with Gasteiger partial charge in [0.2, 0.25) is 0 Å². The highest BCUT2D eigenvalue weighted by atomic mass is 31.2. The molecule has 0 bridgehead atoms. The Morgan fingerprint density at radius 1 is 1.19 bits per heavy atom. The van der Waals surface area contributed by atoms with Crippen LogP contribution in [-0.2, 0) is 37.7 Å². The van der Waals surface area contributed by atoms with Crippen LogP contribution in [0.3, 0.4) is 0 Å². The molecule has 0 radical (unpaired) electrons. The molecule has 47 heavy (non-hydrogen) atoms. The van der Waals surface area contributed by atoms with Crippen LogP contribution in [0.4, 0.5) is 4.39 Å². The molecule has 11 atom stereocenters. The highest BCUT2D eigenvalue weighted by Gasteiger charge is 2.79. The number of Topliss-reactive ketones (excluding diaryl/α,β-unsaturated/α-hetero) is 1. The normalized spacial score (nSPS) is 40.6. The summed E-state index contributed by atoms with van der Waals surface area (Å²) in [7, 11) is -4.24. The number of aliphatic hydroxyl groups excluding tert-OH is 2. The second kappa shape index (κ2) is 12.0. The molecule has 1 aliphatic heterocycles. The second-order valence-corrected chi connectivity index (χ2v) is 15.7. The van der Waals surface area contributed by atoms with E-state index in [-0.39, 0.29) is 31.0 Å². The number of allylic oxidation sites excluding steroid dienone is 4. The number of benzene rings is 1. The molecule has 0 aromatic heterocycles. The molecule has 5 aliphatic rings. The summed E-state index contributed by atoms with van der Waals surface area (Å²) in [4.78, 5) is 38.4. The third kappa shape index (κ3) is 5.09. The number of fused-ring (bicyclic) bond motifs is 7. The number of hydrogen-bond acceptors (Lipinski definition) is 11. The molecule has 2 unspecified atom stereocenters. The Morgan fingerprint density at radius 2 is 1.91 bits per heavy atom. The van der Waals surface area contributed by atoms with Crippen molar-refractivity contribution in [1.29, 1.82) is 0 Å². The summed E-state index contributed by atoms with van der Waals surface area (Å²) in [6.45, 7) is 5.64. The fourth-order valence-corrected chi connectivity index (χ4v) is 10.9. The van der Waals surface area contributed by atoms with Crippen LogP contribution in [0.5, 0.6) is 5.75 Å². The first kappa shape index (κ1) is 34.1. The van der Waals surface area contributed by atoms with Crippen molar-refractivity contribution in [3.8, 4) is 5.75 Å². The standard InChI is InChI=1S/C34H42FO11P/c1-5-42-30(40)20(2)45-47(41,46-23-9-7-6-8-10-23)19-29-43-28-16-25-24-12-11-21-15-22(37)13-14-31(21,3)33(24,35)26(38)17-32(25,4)34(28,44-29)27(39)18-36/h6-10,13-15,20,24-26,28-29,36,38H,5,11-12,16-19H2,1-4H3/t20-,24-,25-,26-,28+,29?,31-,32-,33-,34+,47?/m0/s1. The van der Waals surface area contributed by atoms with Gasteiger partial charge >= 0.3 is 13.6 Å². The quantitative estimate of drug-likeness (QED) is 0.270. The van der Waals surface area contributed by atoms with Gasteiger partial charge in [0, 0.05) is 16.7 Å². The Morgan fingerprint density at radius 3 is 2.60 bits per heavy atom. The first-order valence-corrected chi connectivity index (χ1v) is 17.9. The maximum absolute atomic E-state index is 17.6. The van der Waals surface area contributed by atoms with Crippen molar-refractivity contribution in [2.75, 3.05) is 19.4 Å². The molecule has 1 aromatic carbocycles. The van der Waals surface area contributed by atoms with Gasteiger partial charge in [0.05, 0.1) is 18.8 Å². The molecule has 1 saturated heterocycles. The van der Waals surface area contributed by atoms with Crippen molar-refractivity contribution < 1.29 is 56.8 Å². The molecule has 11 nitrogen and oxygen atoms in total. The summed E-state index contributed by atoms with van der Waals surface area (Å²) in [6, 6.07) is 8.20. The van der Waals surface area contributed by atoms with Gasteiger partial charge in [0.1, 0.15) is 18.5 Å². The van der Waals surface area contributed by atoms with E-state index in [2.05, 4.69) is 0 Å². The van der Waals surface area contributed by atoms with Crippen LogP contribution in [0.25, 0.3) is 0 Å². The van der Waals surface area contributed by atoms with E-state index in [1.807, 2.05) is 0 Å². The van der Waals surface area contributed by atoms with E-state index >= 15 is 4.39 Å². The Hall–Kier alpha value is -2.73. The monoisotopic (exact) mass is 676 g/mol. The SMILES string of the molecule is CCOC(=O)[C@H](C)OP(=O)(CC1O[C@@H]2C[C@H]3[C@@H]4CCC5=CC(=O)C=C[C@]5(C)[C@@]4(F)[C@@H](O)C[C@]3(C)[C@]2(C(=O)CO)O1)Oc1ccccc1. The maximum atomic E-state index is 17.6. The molecule has 1 aromatic rings. The van der Waals surface area contributed by atoms with Crippen molar-refractivity contribution in [2.45, 2.75) is 89.2 Å². The molecular weight excluding hydrogens is 634 g/mol. The van der Waals surface area contributed by atoms with E-state index in [1.165, 1.54) is 19.1 Å². The molecule has 2 N–H and O–H groups in total. The molecule has 0 spiro atoms. The number of esters is 1. The van der Waals surface area contributed by atoms with Gasteiger partial charge in [0.25, 0.3) is 0 Å². The van der Waals surface area contributed by atoms with E-state index in [0.29, 0.717) is 18.4 Å². The predicted molar refractivity (Wildman–Crippen MR) is 165 cm³/mol. The molecule has 6 rings (SSSR count). The molecule has 1 heterocycles. The minimum atomic E-state index is -4.24. The Kier molecular flexibility index (Phi) is 8.72.